The molecule has 0 unspecified atom stereocenters. The van der Waals surface area contributed by atoms with Gasteiger partial charge in [0.2, 0.25) is 0 Å². The second-order valence-electron chi connectivity index (χ2n) is 7.57. The molecule has 0 N–H and O–H groups in total. The molecule has 1 aliphatic heterocycles. The summed E-state index contributed by atoms with van der Waals surface area (Å²) in [5.74, 6) is 0.503. The van der Waals surface area contributed by atoms with E-state index < -0.39 is 11.7 Å². The second kappa shape index (κ2) is 8.37. The van der Waals surface area contributed by atoms with E-state index in [1.807, 2.05) is 35.7 Å². The van der Waals surface area contributed by atoms with Gasteiger partial charge < -0.3 is 9.64 Å². The third-order valence-electron chi connectivity index (χ3n) is 5.46. The van der Waals surface area contributed by atoms with Gasteiger partial charge in [-0.25, -0.2) is 4.98 Å². The first kappa shape index (κ1) is 21.2. The number of anilines is 1. The van der Waals surface area contributed by atoms with Gasteiger partial charge >= 0.3 is 6.18 Å². The van der Waals surface area contributed by atoms with E-state index in [1.165, 1.54) is 23.5 Å². The zero-order valence-corrected chi connectivity index (χ0v) is 18.0. The van der Waals surface area contributed by atoms with Crippen molar-refractivity contribution in [3.63, 3.8) is 0 Å². The zero-order chi connectivity index (χ0) is 23.0. The number of benzene rings is 3. The fourth-order valence-corrected chi connectivity index (χ4v) is 4.36. The molecule has 33 heavy (non-hydrogen) atoms. The van der Waals surface area contributed by atoms with Crippen LogP contribution in [0, 0.1) is 0 Å². The molecule has 8 heteroatoms. The molecule has 0 saturated carbocycles. The lowest BCUT2D eigenvalue weighted by atomic mass is 9.98. The summed E-state index contributed by atoms with van der Waals surface area (Å²) in [5, 5.41) is 1.96. The van der Waals surface area contributed by atoms with Gasteiger partial charge in [-0.15, -0.1) is 11.3 Å². The van der Waals surface area contributed by atoms with Crippen molar-refractivity contribution in [1.82, 2.24) is 4.98 Å². The van der Waals surface area contributed by atoms with Crippen LogP contribution in [0.15, 0.2) is 77.6 Å². The minimum absolute atomic E-state index is 0.149. The molecule has 4 aromatic rings. The number of carbonyl (C=O) groups is 1. The van der Waals surface area contributed by atoms with Gasteiger partial charge in [-0.2, -0.15) is 13.2 Å². The third kappa shape index (κ3) is 4.34. The van der Waals surface area contributed by atoms with E-state index in [1.54, 1.807) is 22.5 Å². The molecule has 5 rings (SSSR count). The van der Waals surface area contributed by atoms with Crippen LogP contribution in [0.2, 0.25) is 0 Å². The molecule has 0 spiro atoms. The fourth-order valence-electron chi connectivity index (χ4n) is 3.80. The van der Waals surface area contributed by atoms with E-state index in [9.17, 15) is 18.0 Å². The van der Waals surface area contributed by atoms with E-state index in [-0.39, 0.29) is 11.7 Å². The SMILES string of the molecule is O=C1c2cc(Oc3ccc(C(F)(F)F)cc3)ccc2CCN1c1cccc(-c2cscn2)c1. The molecular weight excluding hydrogens is 449 g/mol. The summed E-state index contributed by atoms with van der Waals surface area (Å²) < 4.78 is 44.0. The van der Waals surface area contributed by atoms with Crippen molar-refractivity contribution in [2.45, 2.75) is 12.6 Å². The number of rotatable bonds is 4. The Morgan fingerprint density at radius 1 is 0.970 bits per heavy atom. The third-order valence-corrected chi connectivity index (χ3v) is 6.05. The Bertz CT molecular complexity index is 1300. The van der Waals surface area contributed by atoms with Crippen molar-refractivity contribution in [3.8, 4) is 22.8 Å². The molecule has 0 fully saturated rings. The smallest absolute Gasteiger partial charge is 0.416 e. The predicted molar refractivity (Wildman–Crippen MR) is 121 cm³/mol. The van der Waals surface area contributed by atoms with Crippen LogP contribution in [0.5, 0.6) is 11.5 Å². The molecule has 0 bridgehead atoms. The Hall–Kier alpha value is -3.65. The zero-order valence-electron chi connectivity index (χ0n) is 17.2. The van der Waals surface area contributed by atoms with E-state index in [0.717, 1.165) is 34.6 Å². The molecule has 3 aromatic carbocycles. The number of thiazole rings is 1. The van der Waals surface area contributed by atoms with Gasteiger partial charge in [0, 0.05) is 28.7 Å². The van der Waals surface area contributed by atoms with E-state index >= 15 is 0 Å². The Labute approximate surface area is 191 Å². The van der Waals surface area contributed by atoms with Gasteiger partial charge in [0.25, 0.3) is 5.91 Å². The van der Waals surface area contributed by atoms with Crippen molar-refractivity contribution in [1.29, 1.82) is 0 Å². The van der Waals surface area contributed by atoms with E-state index in [0.29, 0.717) is 24.3 Å². The van der Waals surface area contributed by atoms with Crippen LogP contribution < -0.4 is 9.64 Å². The van der Waals surface area contributed by atoms with Gasteiger partial charge in [0.15, 0.2) is 0 Å². The summed E-state index contributed by atoms with van der Waals surface area (Å²) >= 11 is 1.51. The average molecular weight is 466 g/mol. The number of hydrogen-bond acceptors (Lipinski definition) is 4. The Morgan fingerprint density at radius 3 is 2.48 bits per heavy atom. The highest BCUT2D eigenvalue weighted by molar-refractivity contribution is 7.07. The van der Waals surface area contributed by atoms with Crippen LogP contribution in [0.4, 0.5) is 18.9 Å². The molecule has 0 aliphatic carbocycles. The van der Waals surface area contributed by atoms with Gasteiger partial charge in [0.1, 0.15) is 11.5 Å². The van der Waals surface area contributed by atoms with Gasteiger partial charge in [-0.1, -0.05) is 18.2 Å². The molecule has 0 radical (unpaired) electrons. The summed E-state index contributed by atoms with van der Waals surface area (Å²) in [4.78, 5) is 19.4. The van der Waals surface area contributed by atoms with Crippen LogP contribution in [0.1, 0.15) is 21.5 Å². The quantitative estimate of drug-likeness (QED) is 0.331. The molecule has 1 amide bonds. The largest absolute Gasteiger partial charge is 0.457 e. The van der Waals surface area contributed by atoms with Crippen molar-refractivity contribution < 1.29 is 22.7 Å². The first-order valence-electron chi connectivity index (χ1n) is 10.2. The highest BCUT2D eigenvalue weighted by atomic mass is 32.1. The lowest BCUT2D eigenvalue weighted by molar-refractivity contribution is -0.137. The first-order chi connectivity index (χ1) is 15.9. The number of fused-ring (bicyclic) bond motifs is 1. The maximum absolute atomic E-state index is 13.3. The minimum Gasteiger partial charge on any atom is -0.457 e. The van der Waals surface area contributed by atoms with Crippen molar-refractivity contribution in [3.05, 3.63) is 94.3 Å². The van der Waals surface area contributed by atoms with Crippen LogP contribution in [0.25, 0.3) is 11.3 Å². The number of amides is 1. The Morgan fingerprint density at radius 2 is 1.76 bits per heavy atom. The summed E-state index contributed by atoms with van der Waals surface area (Å²) in [7, 11) is 0. The summed E-state index contributed by atoms with van der Waals surface area (Å²) in [6.45, 7) is 0.547. The van der Waals surface area contributed by atoms with Crippen LogP contribution in [-0.4, -0.2) is 17.4 Å². The van der Waals surface area contributed by atoms with Crippen molar-refractivity contribution >= 4 is 22.9 Å². The lowest BCUT2D eigenvalue weighted by Gasteiger charge is -2.29. The predicted octanol–water partition coefficient (Wildman–Crippen LogP) is 6.82. The van der Waals surface area contributed by atoms with Gasteiger partial charge in [0.05, 0.1) is 16.8 Å². The molecule has 4 nitrogen and oxygen atoms in total. The van der Waals surface area contributed by atoms with Gasteiger partial charge in [-0.3, -0.25) is 4.79 Å². The Balaban J connectivity index is 1.39. The molecule has 1 aliphatic rings. The maximum Gasteiger partial charge on any atom is 0.416 e. The van der Waals surface area contributed by atoms with E-state index in [4.69, 9.17) is 4.74 Å². The number of nitrogens with zero attached hydrogens (tertiary/aromatic N) is 2. The number of carbonyl (C=O) groups excluding carboxylic acids is 1. The fraction of sp³-hybridized carbons (Fsp3) is 0.120. The van der Waals surface area contributed by atoms with Crippen molar-refractivity contribution in [2.24, 2.45) is 0 Å². The van der Waals surface area contributed by atoms with Crippen LogP contribution >= 0.6 is 11.3 Å². The maximum atomic E-state index is 13.3. The second-order valence-corrected chi connectivity index (χ2v) is 8.29. The monoisotopic (exact) mass is 466 g/mol. The lowest BCUT2D eigenvalue weighted by Crippen LogP contribution is -2.37. The number of hydrogen-bond donors (Lipinski definition) is 0. The molecule has 1 aromatic heterocycles. The highest BCUT2D eigenvalue weighted by Crippen LogP contribution is 2.33. The van der Waals surface area contributed by atoms with Crippen LogP contribution in [-0.2, 0) is 12.6 Å². The van der Waals surface area contributed by atoms with Crippen LogP contribution in [0.3, 0.4) is 0 Å². The number of halogens is 3. The van der Waals surface area contributed by atoms with Gasteiger partial charge in [-0.05, 0) is 60.5 Å². The number of ether oxygens (including phenoxy) is 1. The molecule has 0 atom stereocenters. The molecule has 166 valence electrons. The summed E-state index contributed by atoms with van der Waals surface area (Å²) in [6, 6.07) is 17.4. The number of alkyl halides is 3. The number of aromatic nitrogens is 1. The average Bonchev–Trinajstić information content (AvgIpc) is 3.35. The topological polar surface area (TPSA) is 42.4 Å². The summed E-state index contributed by atoms with van der Waals surface area (Å²) in [6.07, 6.45) is -3.72. The van der Waals surface area contributed by atoms with E-state index in [2.05, 4.69) is 4.98 Å². The molecule has 2 heterocycles. The highest BCUT2D eigenvalue weighted by Gasteiger charge is 2.30. The Kier molecular flexibility index (Phi) is 5.38. The summed E-state index contributed by atoms with van der Waals surface area (Å²) in [5.41, 5.74) is 5.03. The standard InChI is InChI=1S/C25H17F3N2O2S/c26-25(27,28)18-5-8-20(9-6-18)32-21-7-4-16-10-11-30(24(31)22(16)13-21)19-3-1-2-17(12-19)23-14-33-15-29-23/h1-9,12-15H,10-11H2. The normalized spacial score (nSPS) is 13.7. The first-order valence-corrected chi connectivity index (χ1v) is 11.1. The molecular formula is C25H17F3N2O2S. The molecule has 0 saturated heterocycles. The van der Waals surface area contributed by atoms with Crippen molar-refractivity contribution in [2.75, 3.05) is 11.4 Å². The minimum atomic E-state index is -4.41.